The number of rotatable bonds is 26. The number of primary amides is 1. The van der Waals surface area contributed by atoms with Crippen molar-refractivity contribution in [3.05, 3.63) is 290 Å². The molecule has 1 aromatic heterocycles. The fourth-order valence-corrected chi connectivity index (χ4v) is 7.75. The molecule has 13 N–H and O–H groups in total. The van der Waals surface area contributed by atoms with E-state index in [1.165, 1.54) is 111 Å². The number of aliphatic carboxylic acids is 2. The molecule has 0 aliphatic rings. The molecule has 578 valence electrons. The minimum Gasteiger partial charge on any atom is -0.503 e. The predicted molar refractivity (Wildman–Crippen MR) is 405 cm³/mol. The zero-order chi connectivity index (χ0) is 83.4. The number of pyridine rings is 1. The molecule has 34 nitrogen and oxygen atoms in total. The average Bonchev–Trinajstić information content (AvgIpc) is 0.809. The maximum atomic E-state index is 11.9. The number of nitrogens with one attached hydrogen (secondary N) is 3. The Kier molecular flexibility index (Phi) is 39.1. The van der Waals surface area contributed by atoms with Crippen LogP contribution in [0.15, 0.2) is 219 Å². The number of benzene rings is 7. The lowest BCUT2D eigenvalue weighted by molar-refractivity contribution is -0.386. The highest BCUT2D eigenvalue weighted by molar-refractivity contribution is 6.04. The summed E-state index contributed by atoms with van der Waals surface area (Å²) < 4.78 is 21.0. The van der Waals surface area contributed by atoms with Crippen molar-refractivity contribution in [2.24, 2.45) is 5.73 Å². The molecule has 0 saturated heterocycles. The van der Waals surface area contributed by atoms with Crippen molar-refractivity contribution in [3.8, 4) is 34.8 Å². The van der Waals surface area contributed by atoms with Crippen LogP contribution in [-0.4, -0.2) is 141 Å². The Labute approximate surface area is 632 Å². The number of carbonyl (C=O) groups is 10. The molecule has 4 amide bonds. The van der Waals surface area contributed by atoms with Crippen LogP contribution in [0.5, 0.6) is 28.7 Å². The van der Waals surface area contributed by atoms with E-state index in [0.717, 1.165) is 29.0 Å². The van der Waals surface area contributed by atoms with Crippen LogP contribution >= 0.6 is 0 Å². The van der Waals surface area contributed by atoms with E-state index < -0.39 is 92.4 Å². The van der Waals surface area contributed by atoms with Crippen LogP contribution in [0.25, 0.3) is 12.2 Å². The number of ether oxygens (including phenoxy) is 4. The number of phenols is 1. The maximum absolute atomic E-state index is 11.9. The van der Waals surface area contributed by atoms with Crippen molar-refractivity contribution in [3.63, 3.8) is 0 Å². The van der Waals surface area contributed by atoms with Gasteiger partial charge in [0.05, 0.1) is 50.5 Å². The number of carbonyl (C=O) groups excluding carboxylic acids is 3. The Morgan fingerprint density at radius 3 is 1.32 bits per heavy atom. The number of aromatic carboxylic acids is 5. The smallest absolute Gasteiger partial charge is 0.354 e. The SMILES string of the molecule is C/C(=C\c1ccc(C#N)cc1)C(=O)O.C=CCOc1ccc(/C=C(\C)C(=O)O)cc1.C=CCOc1cnc(C(=O)O)cc1OCC=C.CC(=O)Nc1ccc(C(=O)O)cc1.CC(C)Oc1c([N+](=O)[O-])ccc(C(=O)O)c1O.NC(=O)Nc1ccc(C(=O)O)cc1.O=C(O)c1ccc(NC(=O)c2ccc([N+](=O)[O-])cc2)cc1. The molecule has 0 fully saturated rings. The number of anilines is 3. The highest BCUT2D eigenvalue weighted by atomic mass is 16.6. The van der Waals surface area contributed by atoms with Crippen LogP contribution < -0.4 is 40.6 Å². The molecule has 8 rings (SSSR count). The van der Waals surface area contributed by atoms with Gasteiger partial charge in [-0.3, -0.25) is 29.8 Å². The van der Waals surface area contributed by atoms with Gasteiger partial charge in [0, 0.05) is 65.0 Å². The summed E-state index contributed by atoms with van der Waals surface area (Å²) >= 11 is 0. The Hall–Kier alpha value is -15.8. The maximum Gasteiger partial charge on any atom is 0.354 e. The third kappa shape index (κ3) is 34.6. The summed E-state index contributed by atoms with van der Waals surface area (Å²) in [7, 11) is 0. The van der Waals surface area contributed by atoms with Crippen molar-refractivity contribution < 1.29 is 118 Å². The van der Waals surface area contributed by atoms with E-state index in [9.17, 15) is 73.3 Å². The lowest BCUT2D eigenvalue weighted by Crippen LogP contribution is -2.19. The third-order valence-corrected chi connectivity index (χ3v) is 13.0. The molecule has 0 bridgehead atoms. The van der Waals surface area contributed by atoms with Gasteiger partial charge >= 0.3 is 53.5 Å². The molecule has 0 spiro atoms. The molecule has 1 heterocycles. The number of urea groups is 1. The number of nitro groups is 2. The van der Waals surface area contributed by atoms with Gasteiger partial charge in [-0.25, -0.2) is 43.3 Å². The number of non-ortho nitro benzene ring substituents is 1. The molecule has 8 aromatic rings. The van der Waals surface area contributed by atoms with Gasteiger partial charge in [0.25, 0.3) is 11.6 Å². The number of carboxylic acid groups (broad SMARTS) is 7. The number of nitro benzene ring substituents is 2. The van der Waals surface area contributed by atoms with Crippen molar-refractivity contribution >= 4 is 100 Å². The number of nitriles is 1. The molecular formula is C77H74N8O26. The van der Waals surface area contributed by atoms with Crippen LogP contribution in [0.3, 0.4) is 0 Å². The van der Waals surface area contributed by atoms with Crippen molar-refractivity contribution in [2.75, 3.05) is 35.8 Å². The van der Waals surface area contributed by atoms with Crippen LogP contribution in [0.4, 0.5) is 33.2 Å². The van der Waals surface area contributed by atoms with Crippen LogP contribution in [0.1, 0.15) is 114 Å². The second-order valence-electron chi connectivity index (χ2n) is 21.8. The Balaban J connectivity index is 0.000000442. The first-order valence-corrected chi connectivity index (χ1v) is 31.6. The van der Waals surface area contributed by atoms with Crippen LogP contribution in [-0.2, 0) is 14.4 Å². The summed E-state index contributed by atoms with van der Waals surface area (Å²) in [5, 5.41) is 108. The molecule has 7 aromatic carbocycles. The number of nitrogens with zero attached hydrogens (tertiary/aromatic N) is 4. The van der Waals surface area contributed by atoms with E-state index >= 15 is 0 Å². The van der Waals surface area contributed by atoms with E-state index in [4.69, 9.17) is 65.7 Å². The van der Waals surface area contributed by atoms with E-state index in [1.54, 1.807) is 99.7 Å². The van der Waals surface area contributed by atoms with Crippen molar-refractivity contribution in [2.45, 2.75) is 40.7 Å². The first-order valence-electron chi connectivity index (χ1n) is 31.6. The van der Waals surface area contributed by atoms with Crippen molar-refractivity contribution in [1.82, 2.24) is 4.98 Å². The minimum absolute atomic E-state index is 0.0997. The number of nitrogens with two attached hydrogens (primary N) is 1. The molecule has 111 heavy (non-hydrogen) atoms. The summed E-state index contributed by atoms with van der Waals surface area (Å²) in [4.78, 5) is 131. The van der Waals surface area contributed by atoms with E-state index in [1.807, 2.05) is 18.2 Å². The fourth-order valence-electron chi connectivity index (χ4n) is 7.75. The van der Waals surface area contributed by atoms with Gasteiger partial charge in [-0.1, -0.05) is 62.2 Å². The highest BCUT2D eigenvalue weighted by Crippen LogP contribution is 2.39. The van der Waals surface area contributed by atoms with Gasteiger partial charge in [-0.15, -0.1) is 0 Å². The molecule has 0 aliphatic carbocycles. The van der Waals surface area contributed by atoms with Gasteiger partial charge in [0.2, 0.25) is 11.7 Å². The number of aromatic hydroxyl groups is 1. The summed E-state index contributed by atoms with van der Waals surface area (Å²) in [6.07, 6.45) is 8.85. The summed E-state index contributed by atoms with van der Waals surface area (Å²) in [6, 6.07) is 41.0. The second-order valence-corrected chi connectivity index (χ2v) is 21.8. The molecule has 34 heteroatoms. The standard InChI is InChI=1S/C14H10N2O5.C13H14O3.C12H13NO4.C11H9NO2.C10H11NO6.C9H9NO3.C8H8N2O3/c17-13(9-3-7-12(8-4-9)16(20)21)15-11-5-1-10(2-6-11)14(18)19;1-3-8-16-12-6-4-11(5-7-12)9-10(2)13(14)15;1-3-5-16-10-7-9(12(14)15)13-8-11(10)17-6-4-2;1-8(11(13)14)6-9-2-4-10(7-12)5-3-9;1-5(2)17-9-7(11(15)16)4-3-6(8(9)12)10(13)14;1-6(11)10-8-4-2-7(3-5-8)9(12)13;9-8(13)10-6-3-1-5(2-4-6)7(11)12/h1-8H,(H,15,17)(H,18,19);3-7,9H,1,8H2,2H3,(H,14,15);3-4,7-8H,1-2,5-6H2,(H,14,15);2-6H,1H3,(H,13,14);3-5,12H,1-2H3,(H,13,14);2-5H,1H3,(H,10,11)(H,12,13);1-4H,(H,11,12)(H3,9,10,13)/b;10-9+;;8-6+;;;. The first-order chi connectivity index (χ1) is 52.4. The number of aromatic nitrogens is 1. The molecule has 0 unspecified atom stereocenters. The predicted octanol–water partition coefficient (Wildman–Crippen LogP) is 13.2. The Morgan fingerprint density at radius 1 is 0.532 bits per heavy atom. The molecule has 0 atom stereocenters. The molecular weight excluding hydrogens is 1450 g/mol. The zero-order valence-corrected chi connectivity index (χ0v) is 59.7. The van der Waals surface area contributed by atoms with E-state index in [0.29, 0.717) is 52.9 Å². The second kappa shape index (κ2) is 47.5. The van der Waals surface area contributed by atoms with Gasteiger partial charge in [-0.05, 0) is 166 Å². The van der Waals surface area contributed by atoms with E-state index in [-0.39, 0.29) is 51.7 Å². The zero-order valence-electron chi connectivity index (χ0n) is 59.7. The Bertz CT molecular complexity index is 4660. The van der Waals surface area contributed by atoms with Gasteiger partial charge in [-0.2, -0.15) is 5.26 Å². The highest BCUT2D eigenvalue weighted by Gasteiger charge is 2.26. The van der Waals surface area contributed by atoms with Crippen LogP contribution in [0, 0.1) is 31.6 Å². The van der Waals surface area contributed by atoms with Crippen molar-refractivity contribution in [1.29, 1.82) is 5.26 Å². The van der Waals surface area contributed by atoms with E-state index in [2.05, 4.69) is 40.7 Å². The lowest BCUT2D eigenvalue weighted by Gasteiger charge is -2.12. The fraction of sp³-hybridized carbons (Fsp3) is 0.117. The summed E-state index contributed by atoms with van der Waals surface area (Å²) in [5.41, 5.74) is 8.75. The number of carboxylic acids is 7. The van der Waals surface area contributed by atoms with Crippen LogP contribution in [0.2, 0.25) is 0 Å². The number of hydrogen-bond acceptors (Lipinski definition) is 21. The molecule has 0 saturated carbocycles. The van der Waals surface area contributed by atoms with Gasteiger partial charge < -0.3 is 81.5 Å². The monoisotopic (exact) mass is 1530 g/mol. The topological polar surface area (TPSA) is 555 Å². The number of hydrogen-bond donors (Lipinski definition) is 12. The average molecular weight is 1530 g/mol. The summed E-state index contributed by atoms with van der Waals surface area (Å²) in [6.45, 7) is 19.3. The lowest BCUT2D eigenvalue weighted by atomic mass is 10.1. The molecule has 0 radical (unpaired) electrons. The van der Waals surface area contributed by atoms with Gasteiger partial charge in [0.1, 0.15) is 31.1 Å². The third-order valence-electron chi connectivity index (χ3n) is 13.0. The van der Waals surface area contributed by atoms with Gasteiger partial charge in [0.15, 0.2) is 22.9 Å². The minimum atomic E-state index is -1.38. The first kappa shape index (κ1) is 91.3. The largest absolute Gasteiger partial charge is 0.503 e. The quantitative estimate of drug-likeness (QED) is 0.0104. The normalized spacial score (nSPS) is 9.99. The molecule has 0 aliphatic heterocycles. The Morgan fingerprint density at radius 2 is 0.946 bits per heavy atom. The summed E-state index contributed by atoms with van der Waals surface area (Å²) in [5.74, 6) is -7.73. The number of amides is 4.